The summed E-state index contributed by atoms with van der Waals surface area (Å²) in [7, 11) is 0. The number of aryl methyl sites for hydroxylation is 1. The van der Waals surface area contributed by atoms with Crippen molar-refractivity contribution in [1.82, 2.24) is 15.0 Å². The molecule has 0 unspecified atom stereocenters. The molecule has 3 aliphatic rings. The number of fused-ring (bicyclic) bond motifs is 1. The SMILES string of the molecule is Cc1noc([C@H]2CC[C@@H]3[C@@H](CCN3CC3CCOCC3)O2)n1. The van der Waals surface area contributed by atoms with Crippen LogP contribution in [0.25, 0.3) is 0 Å². The molecule has 0 radical (unpaired) electrons. The Morgan fingerprint density at radius 3 is 2.77 bits per heavy atom. The summed E-state index contributed by atoms with van der Waals surface area (Å²) in [5.41, 5.74) is 0. The maximum absolute atomic E-state index is 6.27. The van der Waals surface area contributed by atoms with Crippen molar-refractivity contribution >= 4 is 0 Å². The summed E-state index contributed by atoms with van der Waals surface area (Å²) in [4.78, 5) is 6.98. The van der Waals surface area contributed by atoms with E-state index in [-0.39, 0.29) is 6.10 Å². The molecule has 3 saturated heterocycles. The molecule has 1 aromatic heterocycles. The fraction of sp³-hybridized carbons (Fsp3) is 0.875. The molecular weight excluding hydrogens is 282 g/mol. The summed E-state index contributed by atoms with van der Waals surface area (Å²) in [6.45, 7) is 6.08. The lowest BCUT2D eigenvalue weighted by atomic mass is 9.96. The van der Waals surface area contributed by atoms with Crippen LogP contribution in [0.2, 0.25) is 0 Å². The smallest absolute Gasteiger partial charge is 0.255 e. The summed E-state index contributed by atoms with van der Waals surface area (Å²) < 4.78 is 17.0. The second-order valence-corrected chi connectivity index (χ2v) is 6.83. The van der Waals surface area contributed by atoms with Crippen LogP contribution in [0.3, 0.4) is 0 Å². The van der Waals surface area contributed by atoms with Gasteiger partial charge in [-0.25, -0.2) is 0 Å². The van der Waals surface area contributed by atoms with E-state index in [1.165, 1.54) is 25.8 Å². The lowest BCUT2D eigenvalue weighted by Crippen LogP contribution is -2.43. The van der Waals surface area contributed by atoms with Crippen molar-refractivity contribution in [3.05, 3.63) is 11.7 Å². The number of likely N-dealkylation sites (tertiary alicyclic amines) is 1. The van der Waals surface area contributed by atoms with Gasteiger partial charge in [-0.3, -0.25) is 4.90 Å². The Hall–Kier alpha value is -0.980. The zero-order valence-corrected chi connectivity index (χ0v) is 13.2. The molecule has 0 spiro atoms. The Labute approximate surface area is 131 Å². The normalized spacial score (nSPS) is 34.0. The van der Waals surface area contributed by atoms with Crippen LogP contribution in [-0.4, -0.2) is 53.5 Å². The Balaban J connectivity index is 1.35. The van der Waals surface area contributed by atoms with E-state index in [2.05, 4.69) is 15.0 Å². The van der Waals surface area contributed by atoms with Gasteiger partial charge in [-0.1, -0.05) is 5.16 Å². The summed E-state index contributed by atoms with van der Waals surface area (Å²) in [5.74, 6) is 2.14. The van der Waals surface area contributed by atoms with Crippen molar-refractivity contribution in [3.63, 3.8) is 0 Å². The van der Waals surface area contributed by atoms with Crippen molar-refractivity contribution in [1.29, 1.82) is 0 Å². The van der Waals surface area contributed by atoms with Gasteiger partial charge in [0.15, 0.2) is 5.82 Å². The minimum atomic E-state index is -0.00881. The molecular formula is C16H25N3O3. The molecule has 0 N–H and O–H groups in total. The second-order valence-electron chi connectivity index (χ2n) is 6.83. The van der Waals surface area contributed by atoms with E-state index < -0.39 is 0 Å². The van der Waals surface area contributed by atoms with E-state index in [0.29, 0.717) is 23.9 Å². The number of ether oxygens (including phenoxy) is 2. The Morgan fingerprint density at radius 2 is 2.00 bits per heavy atom. The van der Waals surface area contributed by atoms with Gasteiger partial charge in [0.1, 0.15) is 6.10 Å². The van der Waals surface area contributed by atoms with Gasteiger partial charge in [0.25, 0.3) is 5.89 Å². The topological polar surface area (TPSA) is 60.6 Å². The third kappa shape index (κ3) is 2.92. The van der Waals surface area contributed by atoms with Crippen LogP contribution < -0.4 is 0 Å². The van der Waals surface area contributed by atoms with Crippen molar-refractivity contribution < 1.29 is 14.0 Å². The summed E-state index contributed by atoms with van der Waals surface area (Å²) in [5, 5.41) is 3.88. The van der Waals surface area contributed by atoms with Crippen molar-refractivity contribution in [2.45, 2.75) is 57.3 Å². The first kappa shape index (κ1) is 14.6. The fourth-order valence-electron chi connectivity index (χ4n) is 4.13. The van der Waals surface area contributed by atoms with Gasteiger partial charge in [0, 0.05) is 32.3 Å². The van der Waals surface area contributed by atoms with Crippen LogP contribution in [0.5, 0.6) is 0 Å². The molecule has 4 heterocycles. The fourth-order valence-corrected chi connectivity index (χ4v) is 4.13. The zero-order chi connectivity index (χ0) is 14.9. The standard InChI is InChI=1S/C16H25N3O3/c1-11-17-16(22-18-11)15-3-2-13-14(21-15)4-7-19(13)10-12-5-8-20-9-6-12/h12-15H,2-10H2,1H3/t13-,14-,15-/m1/s1. The largest absolute Gasteiger partial charge is 0.381 e. The van der Waals surface area contributed by atoms with Crippen LogP contribution >= 0.6 is 0 Å². The highest BCUT2D eigenvalue weighted by atomic mass is 16.5. The summed E-state index contributed by atoms with van der Waals surface area (Å²) in [6, 6.07) is 0.572. The maximum atomic E-state index is 6.27. The summed E-state index contributed by atoms with van der Waals surface area (Å²) in [6.07, 6.45) is 6.00. The first-order chi connectivity index (χ1) is 10.8. The van der Waals surface area contributed by atoms with Gasteiger partial charge in [-0.2, -0.15) is 4.98 Å². The Bertz CT molecular complexity index is 501. The first-order valence-corrected chi connectivity index (χ1v) is 8.57. The van der Waals surface area contributed by atoms with Crippen LogP contribution in [-0.2, 0) is 9.47 Å². The number of hydrogen-bond donors (Lipinski definition) is 0. The number of nitrogens with zero attached hydrogens (tertiary/aromatic N) is 3. The molecule has 122 valence electrons. The first-order valence-electron chi connectivity index (χ1n) is 8.57. The van der Waals surface area contributed by atoms with E-state index in [9.17, 15) is 0 Å². The molecule has 0 saturated carbocycles. The quantitative estimate of drug-likeness (QED) is 0.852. The molecule has 4 rings (SSSR count). The van der Waals surface area contributed by atoms with Crippen LogP contribution in [0, 0.1) is 12.8 Å². The van der Waals surface area contributed by atoms with Gasteiger partial charge in [0.2, 0.25) is 0 Å². The molecule has 0 aromatic carbocycles. The molecule has 3 atom stereocenters. The highest BCUT2D eigenvalue weighted by Crippen LogP contribution is 2.38. The summed E-state index contributed by atoms with van der Waals surface area (Å²) >= 11 is 0. The molecule has 6 heteroatoms. The van der Waals surface area contributed by atoms with Gasteiger partial charge in [-0.05, 0) is 44.9 Å². The van der Waals surface area contributed by atoms with Crippen molar-refractivity contribution in [2.24, 2.45) is 5.92 Å². The van der Waals surface area contributed by atoms with E-state index in [1.54, 1.807) is 0 Å². The average Bonchev–Trinajstić information content (AvgIpc) is 3.15. The van der Waals surface area contributed by atoms with Crippen molar-refractivity contribution in [3.8, 4) is 0 Å². The highest BCUT2D eigenvalue weighted by Gasteiger charge is 2.42. The molecule has 3 fully saturated rings. The Kier molecular flexibility index (Phi) is 4.15. The maximum Gasteiger partial charge on any atom is 0.255 e. The molecule has 0 amide bonds. The van der Waals surface area contributed by atoms with E-state index >= 15 is 0 Å². The van der Waals surface area contributed by atoms with E-state index in [1.807, 2.05) is 6.92 Å². The number of aromatic nitrogens is 2. The van der Waals surface area contributed by atoms with Gasteiger partial charge >= 0.3 is 0 Å². The molecule has 1 aromatic rings. The van der Waals surface area contributed by atoms with Crippen LogP contribution in [0.1, 0.15) is 49.9 Å². The van der Waals surface area contributed by atoms with Crippen LogP contribution in [0.4, 0.5) is 0 Å². The Morgan fingerprint density at radius 1 is 1.14 bits per heavy atom. The highest BCUT2D eigenvalue weighted by molar-refractivity contribution is 4.97. The van der Waals surface area contributed by atoms with E-state index in [0.717, 1.165) is 38.5 Å². The third-order valence-electron chi connectivity index (χ3n) is 5.31. The van der Waals surface area contributed by atoms with Crippen LogP contribution in [0.15, 0.2) is 4.52 Å². The number of rotatable bonds is 3. The molecule has 0 aliphatic carbocycles. The lowest BCUT2D eigenvalue weighted by Gasteiger charge is -2.36. The minimum Gasteiger partial charge on any atom is -0.381 e. The lowest BCUT2D eigenvalue weighted by molar-refractivity contribution is -0.0846. The molecule has 0 bridgehead atoms. The predicted molar refractivity (Wildman–Crippen MR) is 79.4 cm³/mol. The molecule has 6 nitrogen and oxygen atoms in total. The second kappa shape index (κ2) is 6.26. The van der Waals surface area contributed by atoms with Gasteiger partial charge in [-0.15, -0.1) is 0 Å². The number of hydrogen-bond acceptors (Lipinski definition) is 6. The van der Waals surface area contributed by atoms with Crippen molar-refractivity contribution in [2.75, 3.05) is 26.3 Å². The molecule has 22 heavy (non-hydrogen) atoms. The van der Waals surface area contributed by atoms with Gasteiger partial charge in [0.05, 0.1) is 6.10 Å². The minimum absolute atomic E-state index is 0.00881. The predicted octanol–water partition coefficient (Wildman–Crippen LogP) is 2.10. The van der Waals surface area contributed by atoms with Gasteiger partial charge < -0.3 is 14.0 Å². The zero-order valence-electron chi connectivity index (χ0n) is 13.2. The molecule has 3 aliphatic heterocycles. The monoisotopic (exact) mass is 307 g/mol. The average molecular weight is 307 g/mol. The van der Waals surface area contributed by atoms with E-state index in [4.69, 9.17) is 14.0 Å². The third-order valence-corrected chi connectivity index (χ3v) is 5.31.